The minimum absolute atomic E-state index is 0.0371. The Morgan fingerprint density at radius 2 is 2.19 bits per heavy atom. The molecule has 5 nitrogen and oxygen atoms in total. The molecule has 1 N–H and O–H groups in total. The maximum absolute atomic E-state index is 11.0. The molecule has 0 bridgehead atoms. The van der Waals surface area contributed by atoms with Crippen LogP contribution in [-0.2, 0) is 4.79 Å². The third kappa shape index (κ3) is 1.21. The zero-order chi connectivity index (χ0) is 11.1. The minimum atomic E-state index is -0.740. The molecule has 1 fully saturated rings. The van der Waals surface area contributed by atoms with Crippen molar-refractivity contribution < 1.29 is 9.90 Å². The van der Waals surface area contributed by atoms with E-state index in [2.05, 4.69) is 10.3 Å². The van der Waals surface area contributed by atoms with Gasteiger partial charge in [0.25, 0.3) is 0 Å². The molecule has 2 unspecified atom stereocenters. The van der Waals surface area contributed by atoms with Crippen LogP contribution in [0.3, 0.4) is 0 Å². The van der Waals surface area contributed by atoms with Crippen LogP contribution in [0.1, 0.15) is 18.9 Å². The molecule has 0 aliphatic heterocycles. The third-order valence-corrected chi connectivity index (χ3v) is 3.25. The summed E-state index contributed by atoms with van der Waals surface area (Å²) in [5, 5.41) is 17.1. The monoisotopic (exact) mass is 217 g/mol. The SMILES string of the molecule is O=C(O)C1CCC1n1nnc2ccccc21. The first kappa shape index (κ1) is 9.33. The van der Waals surface area contributed by atoms with E-state index < -0.39 is 5.97 Å². The van der Waals surface area contributed by atoms with Crippen LogP contribution in [0.2, 0.25) is 0 Å². The summed E-state index contributed by atoms with van der Waals surface area (Å²) >= 11 is 0. The lowest BCUT2D eigenvalue weighted by atomic mass is 9.79. The van der Waals surface area contributed by atoms with Crippen LogP contribution in [0.5, 0.6) is 0 Å². The zero-order valence-corrected chi connectivity index (χ0v) is 8.58. The first-order valence-electron chi connectivity index (χ1n) is 5.30. The van der Waals surface area contributed by atoms with Gasteiger partial charge in [0.2, 0.25) is 0 Å². The summed E-state index contributed by atoms with van der Waals surface area (Å²) in [5.41, 5.74) is 1.73. The van der Waals surface area contributed by atoms with E-state index in [0.717, 1.165) is 23.9 Å². The Bertz CT molecular complexity index is 549. The molecular weight excluding hydrogens is 206 g/mol. The number of carbonyl (C=O) groups is 1. The lowest BCUT2D eigenvalue weighted by Gasteiger charge is -2.33. The van der Waals surface area contributed by atoms with Crippen molar-refractivity contribution in [1.29, 1.82) is 0 Å². The molecule has 0 spiro atoms. The molecule has 2 atom stereocenters. The van der Waals surface area contributed by atoms with Gasteiger partial charge in [-0.3, -0.25) is 4.79 Å². The van der Waals surface area contributed by atoms with E-state index >= 15 is 0 Å². The van der Waals surface area contributed by atoms with Crippen molar-refractivity contribution in [2.24, 2.45) is 5.92 Å². The molecule has 2 aromatic rings. The van der Waals surface area contributed by atoms with Gasteiger partial charge in [-0.15, -0.1) is 5.10 Å². The van der Waals surface area contributed by atoms with Crippen LogP contribution in [0.25, 0.3) is 11.0 Å². The van der Waals surface area contributed by atoms with Gasteiger partial charge >= 0.3 is 5.97 Å². The molecule has 1 aromatic heterocycles. The molecule has 5 heteroatoms. The van der Waals surface area contributed by atoms with Gasteiger partial charge < -0.3 is 5.11 Å². The number of carboxylic acids is 1. The average Bonchev–Trinajstić information content (AvgIpc) is 2.60. The largest absolute Gasteiger partial charge is 0.481 e. The summed E-state index contributed by atoms with van der Waals surface area (Å²) in [7, 11) is 0. The minimum Gasteiger partial charge on any atom is -0.481 e. The Morgan fingerprint density at radius 1 is 1.38 bits per heavy atom. The molecule has 82 valence electrons. The lowest BCUT2D eigenvalue weighted by molar-refractivity contribution is -0.147. The second-order valence-corrected chi connectivity index (χ2v) is 4.11. The second-order valence-electron chi connectivity index (χ2n) is 4.11. The number of para-hydroxylation sites is 1. The Kier molecular flexibility index (Phi) is 1.92. The maximum atomic E-state index is 11.0. The highest BCUT2D eigenvalue weighted by atomic mass is 16.4. The van der Waals surface area contributed by atoms with E-state index in [4.69, 9.17) is 5.11 Å². The Labute approximate surface area is 91.7 Å². The predicted octanol–water partition coefficient (Wildman–Crippen LogP) is 1.47. The van der Waals surface area contributed by atoms with Crippen LogP contribution < -0.4 is 0 Å². The topological polar surface area (TPSA) is 68.0 Å². The molecule has 1 heterocycles. The first-order chi connectivity index (χ1) is 7.77. The predicted molar refractivity (Wildman–Crippen MR) is 56.9 cm³/mol. The van der Waals surface area contributed by atoms with E-state index in [1.807, 2.05) is 24.3 Å². The lowest BCUT2D eigenvalue weighted by Crippen LogP contribution is -2.35. The van der Waals surface area contributed by atoms with Crippen molar-refractivity contribution in [1.82, 2.24) is 15.0 Å². The zero-order valence-electron chi connectivity index (χ0n) is 8.58. The van der Waals surface area contributed by atoms with Crippen molar-refractivity contribution in [2.75, 3.05) is 0 Å². The van der Waals surface area contributed by atoms with Crippen molar-refractivity contribution >= 4 is 17.0 Å². The molecule has 0 radical (unpaired) electrons. The van der Waals surface area contributed by atoms with E-state index in [9.17, 15) is 4.79 Å². The molecule has 1 saturated carbocycles. The molecular formula is C11H11N3O2. The molecule has 1 aromatic carbocycles. The van der Waals surface area contributed by atoms with Gasteiger partial charge in [0, 0.05) is 0 Å². The van der Waals surface area contributed by atoms with Crippen molar-refractivity contribution in [2.45, 2.75) is 18.9 Å². The second kappa shape index (κ2) is 3.30. The van der Waals surface area contributed by atoms with Gasteiger partial charge in [0.15, 0.2) is 0 Å². The van der Waals surface area contributed by atoms with Gasteiger partial charge in [-0.05, 0) is 25.0 Å². The highest BCUT2D eigenvalue weighted by Crippen LogP contribution is 2.39. The summed E-state index contributed by atoms with van der Waals surface area (Å²) in [6, 6.07) is 7.58. The summed E-state index contributed by atoms with van der Waals surface area (Å²) in [6.45, 7) is 0. The molecule has 0 saturated heterocycles. The maximum Gasteiger partial charge on any atom is 0.308 e. The van der Waals surface area contributed by atoms with Crippen molar-refractivity contribution in [3.05, 3.63) is 24.3 Å². The van der Waals surface area contributed by atoms with E-state index in [0.29, 0.717) is 0 Å². The normalized spacial score (nSPS) is 24.2. The molecule has 1 aliphatic rings. The van der Waals surface area contributed by atoms with E-state index in [1.165, 1.54) is 0 Å². The Hall–Kier alpha value is -1.91. The fourth-order valence-electron chi connectivity index (χ4n) is 2.20. The van der Waals surface area contributed by atoms with Crippen LogP contribution in [0.15, 0.2) is 24.3 Å². The summed E-state index contributed by atoms with van der Waals surface area (Å²) in [6.07, 6.45) is 1.60. The molecule has 3 rings (SSSR count). The molecule has 16 heavy (non-hydrogen) atoms. The van der Waals surface area contributed by atoms with Crippen molar-refractivity contribution in [3.63, 3.8) is 0 Å². The number of aliphatic carboxylic acids is 1. The number of aromatic nitrogens is 3. The smallest absolute Gasteiger partial charge is 0.308 e. The summed E-state index contributed by atoms with van der Waals surface area (Å²) < 4.78 is 1.75. The number of hydrogen-bond donors (Lipinski definition) is 1. The van der Waals surface area contributed by atoms with Crippen LogP contribution in [-0.4, -0.2) is 26.1 Å². The van der Waals surface area contributed by atoms with E-state index in [1.54, 1.807) is 4.68 Å². The quantitative estimate of drug-likeness (QED) is 0.827. The average molecular weight is 217 g/mol. The van der Waals surface area contributed by atoms with Crippen LogP contribution in [0.4, 0.5) is 0 Å². The number of nitrogens with zero attached hydrogens (tertiary/aromatic N) is 3. The Morgan fingerprint density at radius 3 is 2.88 bits per heavy atom. The number of hydrogen-bond acceptors (Lipinski definition) is 3. The molecule has 0 amide bonds. The Balaban J connectivity index is 2.03. The number of fused-ring (bicyclic) bond motifs is 1. The highest BCUT2D eigenvalue weighted by molar-refractivity contribution is 5.75. The fraction of sp³-hybridized carbons (Fsp3) is 0.364. The first-order valence-corrected chi connectivity index (χ1v) is 5.30. The fourth-order valence-corrected chi connectivity index (χ4v) is 2.20. The number of rotatable bonds is 2. The number of carboxylic acid groups (broad SMARTS) is 1. The van der Waals surface area contributed by atoms with Crippen LogP contribution >= 0.6 is 0 Å². The highest BCUT2D eigenvalue weighted by Gasteiger charge is 2.39. The van der Waals surface area contributed by atoms with Gasteiger partial charge in [0.1, 0.15) is 5.52 Å². The van der Waals surface area contributed by atoms with Crippen molar-refractivity contribution in [3.8, 4) is 0 Å². The van der Waals surface area contributed by atoms with Gasteiger partial charge in [0.05, 0.1) is 17.5 Å². The number of benzene rings is 1. The standard InChI is InChI=1S/C11H11N3O2/c15-11(16)7-5-6-9(7)14-10-4-2-1-3-8(10)12-13-14/h1-4,7,9H,5-6H2,(H,15,16). The van der Waals surface area contributed by atoms with Crippen LogP contribution in [0, 0.1) is 5.92 Å². The van der Waals surface area contributed by atoms with Gasteiger partial charge in [-0.1, -0.05) is 17.3 Å². The summed E-state index contributed by atoms with van der Waals surface area (Å²) in [5.74, 6) is -1.05. The molecule has 1 aliphatic carbocycles. The third-order valence-electron chi connectivity index (χ3n) is 3.25. The van der Waals surface area contributed by atoms with Gasteiger partial charge in [-0.25, -0.2) is 4.68 Å². The van der Waals surface area contributed by atoms with Gasteiger partial charge in [-0.2, -0.15) is 0 Å². The van der Waals surface area contributed by atoms with E-state index in [-0.39, 0.29) is 12.0 Å². The summed E-state index contributed by atoms with van der Waals surface area (Å²) in [4.78, 5) is 11.0.